The highest BCUT2D eigenvalue weighted by molar-refractivity contribution is 6.31. The van der Waals surface area contributed by atoms with Gasteiger partial charge in [-0.3, -0.25) is 4.98 Å². The number of pyridine rings is 1. The molecule has 0 bridgehead atoms. The van der Waals surface area contributed by atoms with Gasteiger partial charge in [0.25, 0.3) is 0 Å². The fourth-order valence-electron chi connectivity index (χ4n) is 4.22. The largest absolute Gasteiger partial charge is 0.480 e. The van der Waals surface area contributed by atoms with Crippen LogP contribution >= 0.6 is 11.6 Å². The van der Waals surface area contributed by atoms with Crippen LogP contribution in [0.25, 0.3) is 5.70 Å². The zero-order chi connectivity index (χ0) is 20.1. The third-order valence-corrected chi connectivity index (χ3v) is 5.85. The van der Waals surface area contributed by atoms with Crippen molar-refractivity contribution < 1.29 is 4.74 Å². The Labute approximate surface area is 177 Å². The molecule has 0 saturated heterocycles. The first-order valence-corrected chi connectivity index (χ1v) is 10.00. The van der Waals surface area contributed by atoms with Gasteiger partial charge in [-0.1, -0.05) is 48.0 Å². The predicted molar refractivity (Wildman–Crippen MR) is 114 cm³/mol. The van der Waals surface area contributed by atoms with Crippen LogP contribution in [-0.2, 0) is 0 Å². The van der Waals surface area contributed by atoms with Crippen LogP contribution in [0, 0.1) is 0 Å². The number of aromatic nitrogens is 4. The number of para-hydroxylation sites is 1. The van der Waals surface area contributed by atoms with Crippen LogP contribution in [0.5, 0.6) is 5.75 Å². The zero-order valence-corrected chi connectivity index (χ0v) is 16.5. The van der Waals surface area contributed by atoms with Crippen LogP contribution in [0.4, 0.5) is 5.95 Å². The highest BCUT2D eigenvalue weighted by atomic mass is 35.5. The Kier molecular flexibility index (Phi) is 3.86. The Morgan fingerprint density at radius 2 is 1.87 bits per heavy atom. The highest BCUT2D eigenvalue weighted by Gasteiger charge is 2.41. The van der Waals surface area contributed by atoms with Crippen molar-refractivity contribution in [3.05, 3.63) is 107 Å². The van der Waals surface area contributed by atoms with E-state index in [1.165, 1.54) is 0 Å². The number of nitrogens with one attached hydrogen (secondary N) is 1. The Morgan fingerprint density at radius 3 is 2.73 bits per heavy atom. The van der Waals surface area contributed by atoms with E-state index in [4.69, 9.17) is 16.3 Å². The third kappa shape index (κ3) is 2.54. The molecule has 4 aromatic rings. The standard InChI is InChI=1S/C23H16ClN5O/c24-17-9-3-1-7-15(17)22-19-20(16-8-2-4-10-18(16)30-22)28-23-26-13-27-29(23)21(19)14-6-5-11-25-12-14/h1-13,21-22H,(H,26,27,28)/t21-,22-/m1/s1. The van der Waals surface area contributed by atoms with Gasteiger partial charge in [0.1, 0.15) is 18.1 Å². The number of hydrogen-bond donors (Lipinski definition) is 1. The molecular weight excluding hydrogens is 398 g/mol. The van der Waals surface area contributed by atoms with Crippen molar-refractivity contribution in [1.82, 2.24) is 19.7 Å². The van der Waals surface area contributed by atoms with E-state index in [0.29, 0.717) is 11.0 Å². The summed E-state index contributed by atoms with van der Waals surface area (Å²) in [7, 11) is 0. The van der Waals surface area contributed by atoms with E-state index in [-0.39, 0.29) is 6.04 Å². The molecule has 6 nitrogen and oxygen atoms in total. The van der Waals surface area contributed by atoms with E-state index in [1.54, 1.807) is 12.5 Å². The maximum absolute atomic E-state index is 6.62. The molecule has 0 amide bonds. The van der Waals surface area contributed by atoms with Gasteiger partial charge in [0.15, 0.2) is 6.10 Å². The molecule has 0 fully saturated rings. The average Bonchev–Trinajstić information content (AvgIpc) is 3.26. The second-order valence-electron chi connectivity index (χ2n) is 7.19. The van der Waals surface area contributed by atoms with E-state index in [0.717, 1.165) is 33.7 Å². The van der Waals surface area contributed by atoms with Crippen molar-refractivity contribution in [2.24, 2.45) is 0 Å². The van der Waals surface area contributed by atoms with Crippen LogP contribution in [0.15, 0.2) is 85.0 Å². The summed E-state index contributed by atoms with van der Waals surface area (Å²) < 4.78 is 8.42. The van der Waals surface area contributed by atoms with Crippen LogP contribution in [0.2, 0.25) is 5.02 Å². The van der Waals surface area contributed by atoms with Gasteiger partial charge in [-0.2, -0.15) is 10.1 Å². The molecule has 0 aliphatic carbocycles. The third-order valence-electron chi connectivity index (χ3n) is 5.51. The van der Waals surface area contributed by atoms with Crippen molar-refractivity contribution in [3.8, 4) is 5.75 Å². The molecule has 7 heteroatoms. The average molecular weight is 414 g/mol. The van der Waals surface area contributed by atoms with Crippen molar-refractivity contribution in [2.75, 3.05) is 5.32 Å². The molecule has 2 aliphatic rings. The summed E-state index contributed by atoms with van der Waals surface area (Å²) in [6.07, 6.45) is 4.79. The Morgan fingerprint density at radius 1 is 1.00 bits per heavy atom. The molecule has 0 radical (unpaired) electrons. The SMILES string of the molecule is Clc1ccccc1[C@H]1Oc2ccccc2C2=C1[C@@H](c1cccnc1)n1ncnc1N2. The lowest BCUT2D eigenvalue weighted by Crippen LogP contribution is -2.32. The fraction of sp³-hybridized carbons (Fsp3) is 0.0870. The van der Waals surface area contributed by atoms with Crippen LogP contribution in [-0.4, -0.2) is 19.7 Å². The van der Waals surface area contributed by atoms with Crippen LogP contribution < -0.4 is 10.1 Å². The lowest BCUT2D eigenvalue weighted by Gasteiger charge is -2.39. The van der Waals surface area contributed by atoms with Crippen molar-refractivity contribution in [2.45, 2.75) is 12.1 Å². The number of rotatable bonds is 2. The summed E-state index contributed by atoms with van der Waals surface area (Å²) in [5.41, 5.74) is 4.88. The molecule has 6 rings (SSSR count). The van der Waals surface area contributed by atoms with Gasteiger partial charge in [-0.25, -0.2) is 4.68 Å². The maximum Gasteiger partial charge on any atom is 0.226 e. The number of halogens is 1. The second kappa shape index (κ2) is 6.71. The smallest absolute Gasteiger partial charge is 0.226 e. The van der Waals surface area contributed by atoms with E-state index in [2.05, 4.69) is 20.4 Å². The quantitative estimate of drug-likeness (QED) is 0.507. The molecular formula is C23H16ClN5O. The molecule has 30 heavy (non-hydrogen) atoms. The minimum Gasteiger partial charge on any atom is -0.480 e. The first-order chi connectivity index (χ1) is 14.8. The van der Waals surface area contributed by atoms with Crippen molar-refractivity contribution in [3.63, 3.8) is 0 Å². The Balaban J connectivity index is 1.66. The van der Waals surface area contributed by atoms with Crippen LogP contribution in [0.1, 0.15) is 28.8 Å². The van der Waals surface area contributed by atoms with Crippen LogP contribution in [0.3, 0.4) is 0 Å². The van der Waals surface area contributed by atoms with Crippen molar-refractivity contribution in [1.29, 1.82) is 0 Å². The highest BCUT2D eigenvalue weighted by Crippen LogP contribution is 2.51. The molecule has 0 unspecified atom stereocenters. The maximum atomic E-state index is 6.62. The number of hydrogen-bond acceptors (Lipinski definition) is 5. The second-order valence-corrected chi connectivity index (χ2v) is 7.60. The normalized spacial score (nSPS) is 19.2. The summed E-state index contributed by atoms with van der Waals surface area (Å²) in [5, 5.41) is 8.64. The summed E-state index contributed by atoms with van der Waals surface area (Å²) in [5.74, 6) is 1.48. The Hall–Kier alpha value is -3.64. The van der Waals surface area contributed by atoms with E-state index in [9.17, 15) is 0 Å². The van der Waals surface area contributed by atoms with Gasteiger partial charge in [0.05, 0.1) is 5.70 Å². The summed E-state index contributed by atoms with van der Waals surface area (Å²) in [6, 6.07) is 19.5. The molecule has 0 saturated carbocycles. The number of ether oxygens (including phenoxy) is 1. The molecule has 2 aliphatic heterocycles. The zero-order valence-electron chi connectivity index (χ0n) is 15.7. The number of fused-ring (bicyclic) bond motifs is 3. The minimum atomic E-state index is -0.390. The molecule has 4 heterocycles. The monoisotopic (exact) mass is 413 g/mol. The van der Waals surface area contributed by atoms with E-state index >= 15 is 0 Å². The molecule has 146 valence electrons. The van der Waals surface area contributed by atoms with Gasteiger partial charge in [-0.15, -0.1) is 0 Å². The van der Waals surface area contributed by atoms with E-state index in [1.807, 2.05) is 71.5 Å². The predicted octanol–water partition coefficient (Wildman–Crippen LogP) is 4.89. The first-order valence-electron chi connectivity index (χ1n) is 9.62. The summed E-state index contributed by atoms with van der Waals surface area (Å²) in [4.78, 5) is 8.77. The molecule has 0 spiro atoms. The summed E-state index contributed by atoms with van der Waals surface area (Å²) in [6.45, 7) is 0. The van der Waals surface area contributed by atoms with E-state index < -0.39 is 6.10 Å². The number of nitrogens with zero attached hydrogens (tertiary/aromatic N) is 4. The van der Waals surface area contributed by atoms with Crippen molar-refractivity contribution >= 4 is 23.2 Å². The number of anilines is 1. The van der Waals surface area contributed by atoms with Gasteiger partial charge >= 0.3 is 0 Å². The Bertz CT molecular complexity index is 1280. The molecule has 2 aromatic heterocycles. The van der Waals surface area contributed by atoms with Gasteiger partial charge in [0.2, 0.25) is 5.95 Å². The fourth-order valence-corrected chi connectivity index (χ4v) is 4.46. The number of benzene rings is 2. The van der Waals surface area contributed by atoms with Gasteiger partial charge in [0, 0.05) is 34.1 Å². The minimum absolute atomic E-state index is 0.234. The van der Waals surface area contributed by atoms with Gasteiger partial charge in [-0.05, 0) is 29.8 Å². The lowest BCUT2D eigenvalue weighted by atomic mass is 9.85. The first kappa shape index (κ1) is 17.2. The molecule has 1 N–H and O–H groups in total. The van der Waals surface area contributed by atoms with Gasteiger partial charge < -0.3 is 10.1 Å². The molecule has 2 aromatic carbocycles. The molecule has 2 atom stereocenters. The lowest BCUT2D eigenvalue weighted by molar-refractivity contribution is 0.223. The summed E-state index contributed by atoms with van der Waals surface area (Å²) >= 11 is 6.62. The topological polar surface area (TPSA) is 64.9 Å².